The molecule has 3 aromatic rings. The van der Waals surface area contributed by atoms with Crippen molar-refractivity contribution in [3.63, 3.8) is 0 Å². The van der Waals surface area contributed by atoms with E-state index in [2.05, 4.69) is 16.7 Å². The minimum Gasteiger partial charge on any atom is -0.390 e. The summed E-state index contributed by atoms with van der Waals surface area (Å²) in [6.07, 6.45) is 0.843. The first-order chi connectivity index (χ1) is 17.2. The van der Waals surface area contributed by atoms with E-state index in [9.17, 15) is 23.5 Å². The number of hydrogen-bond donors (Lipinski definition) is 3. The minimum atomic E-state index is -0.987. The molecule has 0 radical (unpaired) electrons. The Balaban J connectivity index is 1.50. The topological polar surface area (TPSA) is 78.4 Å². The highest BCUT2D eigenvalue weighted by Gasteiger charge is 2.44. The van der Waals surface area contributed by atoms with Crippen LogP contribution in [-0.4, -0.2) is 35.5 Å². The Labute approximate surface area is 209 Å². The van der Waals surface area contributed by atoms with Crippen molar-refractivity contribution in [1.82, 2.24) is 10.6 Å². The Bertz CT molecular complexity index is 1250. The highest BCUT2D eigenvalue weighted by Crippen LogP contribution is 2.46. The maximum Gasteiger partial charge on any atom is 0.217 e. The van der Waals surface area contributed by atoms with Crippen LogP contribution in [0, 0.1) is 11.6 Å². The molecule has 5 nitrogen and oxygen atoms in total. The number of Topliss-reactive ketones (excluding diaryl/α,β-unsaturated/α-hetero) is 1. The molecule has 0 spiro atoms. The van der Waals surface area contributed by atoms with Gasteiger partial charge in [-0.3, -0.25) is 9.59 Å². The van der Waals surface area contributed by atoms with Gasteiger partial charge in [-0.2, -0.15) is 0 Å². The Morgan fingerprint density at radius 2 is 1.67 bits per heavy atom. The summed E-state index contributed by atoms with van der Waals surface area (Å²) in [5.74, 6) is -1.75. The molecule has 36 heavy (non-hydrogen) atoms. The van der Waals surface area contributed by atoms with Gasteiger partial charge in [0.05, 0.1) is 12.1 Å². The number of halogens is 2. The third-order valence-electron chi connectivity index (χ3n) is 6.66. The van der Waals surface area contributed by atoms with Crippen LogP contribution in [0.1, 0.15) is 48.2 Å². The van der Waals surface area contributed by atoms with Crippen LogP contribution >= 0.6 is 0 Å². The highest BCUT2D eigenvalue weighted by atomic mass is 19.1. The summed E-state index contributed by atoms with van der Waals surface area (Å²) in [4.78, 5) is 23.9. The van der Waals surface area contributed by atoms with Crippen molar-refractivity contribution < 1.29 is 23.5 Å². The second-order valence-corrected chi connectivity index (χ2v) is 9.50. The monoisotopic (exact) mass is 492 g/mol. The van der Waals surface area contributed by atoms with Crippen molar-refractivity contribution in [2.24, 2.45) is 0 Å². The fourth-order valence-electron chi connectivity index (χ4n) is 4.69. The standard InChI is InChI=1S/C29H30F2N2O3/c1-18(34)25-8-3-4-9-26(25)21-6-5-7-22(15-21)29(10-11-29)32-17-28(36)27(33-19(2)35)14-20-12-23(30)16-24(31)13-20/h3-9,12-13,15-16,27-28,32,36H,10-11,14,17H2,1-2H3,(H,33,35). The molecule has 2 unspecified atom stereocenters. The van der Waals surface area contributed by atoms with Gasteiger partial charge in [0.25, 0.3) is 0 Å². The van der Waals surface area contributed by atoms with Crippen molar-refractivity contribution in [1.29, 1.82) is 0 Å². The molecule has 1 aliphatic rings. The number of benzene rings is 3. The fourth-order valence-corrected chi connectivity index (χ4v) is 4.69. The smallest absolute Gasteiger partial charge is 0.217 e. The fraction of sp³-hybridized carbons (Fsp3) is 0.310. The van der Waals surface area contributed by atoms with Crippen LogP contribution in [0.5, 0.6) is 0 Å². The first-order valence-corrected chi connectivity index (χ1v) is 12.0. The molecule has 1 fully saturated rings. The van der Waals surface area contributed by atoms with Gasteiger partial charge in [0.2, 0.25) is 5.91 Å². The molecule has 3 N–H and O–H groups in total. The van der Waals surface area contributed by atoms with E-state index in [0.29, 0.717) is 11.1 Å². The zero-order chi connectivity index (χ0) is 25.9. The molecule has 4 rings (SSSR count). The van der Waals surface area contributed by atoms with Crippen molar-refractivity contribution in [3.05, 3.63) is 95.1 Å². The number of ketones is 1. The average molecular weight is 493 g/mol. The Kier molecular flexibility index (Phi) is 7.62. The molecule has 2 atom stereocenters. The zero-order valence-electron chi connectivity index (χ0n) is 20.4. The van der Waals surface area contributed by atoms with E-state index in [1.807, 2.05) is 42.5 Å². The van der Waals surface area contributed by atoms with Crippen molar-refractivity contribution in [3.8, 4) is 11.1 Å². The van der Waals surface area contributed by atoms with E-state index in [0.717, 1.165) is 35.6 Å². The van der Waals surface area contributed by atoms with Crippen LogP contribution in [0.15, 0.2) is 66.7 Å². The van der Waals surface area contributed by atoms with Gasteiger partial charge in [0.15, 0.2) is 5.78 Å². The quantitative estimate of drug-likeness (QED) is 0.364. The highest BCUT2D eigenvalue weighted by molar-refractivity contribution is 6.00. The molecule has 188 valence electrons. The number of amides is 1. The van der Waals surface area contributed by atoms with E-state index >= 15 is 0 Å². The normalized spacial score (nSPS) is 15.7. The summed E-state index contributed by atoms with van der Waals surface area (Å²) in [5, 5.41) is 17.1. The molecule has 0 bridgehead atoms. The minimum absolute atomic E-state index is 0.000535. The number of carbonyl (C=O) groups excluding carboxylic acids is 2. The van der Waals surface area contributed by atoms with E-state index in [1.54, 1.807) is 6.92 Å². The first kappa shape index (κ1) is 25.7. The summed E-state index contributed by atoms with van der Waals surface area (Å²) < 4.78 is 27.3. The predicted molar refractivity (Wildman–Crippen MR) is 134 cm³/mol. The van der Waals surface area contributed by atoms with Gasteiger partial charge in [-0.05, 0) is 66.6 Å². The molecule has 0 heterocycles. The van der Waals surface area contributed by atoms with Crippen LogP contribution in [0.25, 0.3) is 11.1 Å². The molecule has 0 aromatic heterocycles. The van der Waals surface area contributed by atoms with Gasteiger partial charge < -0.3 is 15.7 Å². The maximum atomic E-state index is 13.6. The second-order valence-electron chi connectivity index (χ2n) is 9.50. The van der Waals surface area contributed by atoms with E-state index in [4.69, 9.17) is 0 Å². The first-order valence-electron chi connectivity index (χ1n) is 12.0. The lowest BCUT2D eigenvalue weighted by atomic mass is 9.93. The van der Waals surface area contributed by atoms with Gasteiger partial charge >= 0.3 is 0 Å². The van der Waals surface area contributed by atoms with Gasteiger partial charge in [0.1, 0.15) is 11.6 Å². The molecule has 1 saturated carbocycles. The number of nitrogens with one attached hydrogen (secondary N) is 2. The van der Waals surface area contributed by atoms with Crippen molar-refractivity contribution in [2.75, 3.05) is 6.54 Å². The van der Waals surface area contributed by atoms with Crippen LogP contribution in [0.4, 0.5) is 8.78 Å². The maximum absolute atomic E-state index is 13.6. The Hall–Kier alpha value is -3.42. The summed E-state index contributed by atoms with van der Waals surface area (Å²) in [5.41, 5.74) is 3.55. The summed E-state index contributed by atoms with van der Waals surface area (Å²) >= 11 is 0. The van der Waals surface area contributed by atoms with Gasteiger partial charge in [-0.1, -0.05) is 42.5 Å². The van der Waals surface area contributed by atoms with Crippen LogP contribution < -0.4 is 10.6 Å². The number of rotatable bonds is 10. The average Bonchev–Trinajstić information content (AvgIpc) is 3.62. The molecular weight excluding hydrogens is 462 g/mol. The van der Waals surface area contributed by atoms with Crippen LogP contribution in [-0.2, 0) is 16.8 Å². The van der Waals surface area contributed by atoms with E-state index in [-0.39, 0.29) is 30.2 Å². The molecular formula is C29H30F2N2O3. The third-order valence-corrected chi connectivity index (χ3v) is 6.66. The molecule has 7 heteroatoms. The molecule has 0 saturated heterocycles. The van der Waals surface area contributed by atoms with E-state index in [1.165, 1.54) is 19.1 Å². The summed E-state index contributed by atoms with van der Waals surface area (Å²) in [6.45, 7) is 3.07. The van der Waals surface area contributed by atoms with Crippen molar-refractivity contribution in [2.45, 2.75) is 50.8 Å². The number of aliphatic hydroxyl groups is 1. The van der Waals surface area contributed by atoms with Crippen LogP contribution in [0.2, 0.25) is 0 Å². The number of aliphatic hydroxyl groups excluding tert-OH is 1. The number of hydrogen-bond acceptors (Lipinski definition) is 4. The zero-order valence-corrected chi connectivity index (χ0v) is 20.4. The molecule has 1 aliphatic carbocycles. The Morgan fingerprint density at radius 3 is 2.31 bits per heavy atom. The van der Waals surface area contributed by atoms with Gasteiger partial charge in [-0.25, -0.2) is 8.78 Å². The summed E-state index contributed by atoms with van der Waals surface area (Å²) in [6, 6.07) is 18.0. The largest absolute Gasteiger partial charge is 0.390 e. The SMILES string of the molecule is CC(=O)NC(Cc1cc(F)cc(F)c1)C(O)CNC1(c2cccc(-c3ccccc3C(C)=O)c2)CC1. The van der Waals surface area contributed by atoms with Crippen molar-refractivity contribution >= 4 is 11.7 Å². The lowest BCUT2D eigenvalue weighted by Gasteiger charge is -2.27. The molecule has 1 amide bonds. The Morgan fingerprint density at radius 1 is 0.972 bits per heavy atom. The molecule has 0 aliphatic heterocycles. The van der Waals surface area contributed by atoms with Gasteiger partial charge in [0, 0.05) is 30.6 Å². The predicted octanol–water partition coefficient (Wildman–Crippen LogP) is 4.52. The second kappa shape index (κ2) is 10.7. The van der Waals surface area contributed by atoms with E-state index < -0.39 is 23.8 Å². The van der Waals surface area contributed by atoms with Gasteiger partial charge in [-0.15, -0.1) is 0 Å². The lowest BCUT2D eigenvalue weighted by Crippen LogP contribution is -2.49. The molecule has 3 aromatic carbocycles. The lowest BCUT2D eigenvalue weighted by molar-refractivity contribution is -0.120. The summed E-state index contributed by atoms with van der Waals surface area (Å²) in [7, 11) is 0. The number of carbonyl (C=O) groups is 2. The third kappa shape index (κ3) is 6.04. The van der Waals surface area contributed by atoms with Crippen LogP contribution in [0.3, 0.4) is 0 Å².